The maximum Gasteiger partial charge on any atom is 0.260 e. The van der Waals surface area contributed by atoms with E-state index in [2.05, 4.69) is 10.6 Å². The van der Waals surface area contributed by atoms with E-state index in [9.17, 15) is 4.79 Å². The van der Waals surface area contributed by atoms with Crippen LogP contribution in [0.2, 0.25) is 0 Å². The first-order chi connectivity index (χ1) is 9.17. The number of methoxy groups -OCH3 is 1. The summed E-state index contributed by atoms with van der Waals surface area (Å²) in [4.78, 5) is 11.4. The van der Waals surface area contributed by atoms with Gasteiger partial charge in [-0.25, -0.2) is 0 Å². The van der Waals surface area contributed by atoms with Crippen molar-refractivity contribution in [1.82, 2.24) is 10.6 Å². The molecule has 1 amide bonds. The number of ether oxygens (including phenoxy) is 2. The molecule has 5 heteroatoms. The Hall–Kier alpha value is -1.59. The van der Waals surface area contributed by atoms with Crippen LogP contribution in [0.3, 0.4) is 0 Å². The van der Waals surface area contributed by atoms with Crippen molar-refractivity contribution < 1.29 is 14.3 Å². The van der Waals surface area contributed by atoms with Crippen LogP contribution in [0.25, 0.3) is 0 Å². The van der Waals surface area contributed by atoms with Gasteiger partial charge in [0, 0.05) is 27.2 Å². The third-order valence-corrected chi connectivity index (χ3v) is 2.64. The van der Waals surface area contributed by atoms with Gasteiger partial charge in [0.1, 0.15) is 5.75 Å². The number of hydrogen-bond acceptors (Lipinski definition) is 4. The third kappa shape index (κ3) is 5.72. The zero-order valence-electron chi connectivity index (χ0n) is 11.7. The molecule has 0 fully saturated rings. The Morgan fingerprint density at radius 1 is 1.42 bits per heavy atom. The van der Waals surface area contributed by atoms with Crippen LogP contribution in [0.5, 0.6) is 5.75 Å². The standard InChI is InChI=1S/C14H22N2O3/c1-11(14(17)15-2)19-13-6-4-5-12(9-13)10-16-7-8-18-3/h4-6,9,11,16H,7-8,10H2,1-3H3,(H,15,17). The van der Waals surface area contributed by atoms with Crippen LogP contribution in [0.4, 0.5) is 0 Å². The molecule has 5 nitrogen and oxygen atoms in total. The summed E-state index contributed by atoms with van der Waals surface area (Å²) in [6, 6.07) is 7.70. The van der Waals surface area contributed by atoms with Gasteiger partial charge in [0.25, 0.3) is 5.91 Å². The summed E-state index contributed by atoms with van der Waals surface area (Å²) in [6.45, 7) is 3.96. The molecule has 0 heterocycles. The van der Waals surface area contributed by atoms with Gasteiger partial charge in [-0.05, 0) is 24.6 Å². The van der Waals surface area contributed by atoms with Crippen LogP contribution in [0.15, 0.2) is 24.3 Å². The van der Waals surface area contributed by atoms with Crippen molar-refractivity contribution in [3.63, 3.8) is 0 Å². The van der Waals surface area contributed by atoms with Crippen molar-refractivity contribution in [3.05, 3.63) is 29.8 Å². The van der Waals surface area contributed by atoms with E-state index in [0.29, 0.717) is 12.4 Å². The molecular formula is C14H22N2O3. The molecule has 1 aromatic rings. The number of nitrogens with one attached hydrogen (secondary N) is 2. The summed E-state index contributed by atoms with van der Waals surface area (Å²) in [6.07, 6.45) is -0.498. The van der Waals surface area contributed by atoms with Crippen LogP contribution in [-0.4, -0.2) is 39.3 Å². The first kappa shape index (κ1) is 15.5. The minimum absolute atomic E-state index is 0.136. The molecule has 0 aliphatic rings. The van der Waals surface area contributed by atoms with Gasteiger partial charge < -0.3 is 20.1 Å². The van der Waals surface area contributed by atoms with Crippen molar-refractivity contribution in [1.29, 1.82) is 0 Å². The fourth-order valence-corrected chi connectivity index (χ4v) is 1.60. The number of carbonyl (C=O) groups is 1. The van der Waals surface area contributed by atoms with Crippen LogP contribution in [-0.2, 0) is 16.1 Å². The van der Waals surface area contributed by atoms with Crippen LogP contribution in [0.1, 0.15) is 12.5 Å². The number of carbonyl (C=O) groups excluding carboxylic acids is 1. The first-order valence-electron chi connectivity index (χ1n) is 6.34. The van der Waals surface area contributed by atoms with Gasteiger partial charge in [0.05, 0.1) is 6.61 Å². The molecule has 0 aliphatic heterocycles. The van der Waals surface area contributed by atoms with Crippen LogP contribution >= 0.6 is 0 Å². The summed E-state index contributed by atoms with van der Waals surface area (Å²) >= 11 is 0. The highest BCUT2D eigenvalue weighted by Crippen LogP contribution is 2.14. The monoisotopic (exact) mass is 266 g/mol. The summed E-state index contributed by atoms with van der Waals surface area (Å²) in [5.41, 5.74) is 1.11. The van der Waals surface area contributed by atoms with E-state index in [1.807, 2.05) is 24.3 Å². The molecule has 0 spiro atoms. The van der Waals surface area contributed by atoms with Gasteiger partial charge >= 0.3 is 0 Å². The second-order valence-corrected chi connectivity index (χ2v) is 4.19. The van der Waals surface area contributed by atoms with Gasteiger partial charge in [-0.1, -0.05) is 12.1 Å². The highest BCUT2D eigenvalue weighted by molar-refractivity contribution is 5.80. The lowest BCUT2D eigenvalue weighted by Crippen LogP contribution is -2.33. The highest BCUT2D eigenvalue weighted by atomic mass is 16.5. The van der Waals surface area contributed by atoms with Crippen molar-refractivity contribution in [3.8, 4) is 5.75 Å². The molecule has 1 unspecified atom stereocenters. The summed E-state index contributed by atoms with van der Waals surface area (Å²) in [5, 5.41) is 5.81. The fourth-order valence-electron chi connectivity index (χ4n) is 1.60. The lowest BCUT2D eigenvalue weighted by atomic mass is 10.2. The third-order valence-electron chi connectivity index (χ3n) is 2.64. The van der Waals surface area contributed by atoms with E-state index in [1.165, 1.54) is 0 Å². The van der Waals surface area contributed by atoms with E-state index in [-0.39, 0.29) is 5.91 Å². The molecule has 0 saturated carbocycles. The maximum absolute atomic E-state index is 11.4. The van der Waals surface area contributed by atoms with Crippen molar-refractivity contribution in [2.75, 3.05) is 27.3 Å². The zero-order valence-corrected chi connectivity index (χ0v) is 11.7. The SMILES string of the molecule is CNC(=O)C(C)Oc1cccc(CNCCOC)c1. The maximum atomic E-state index is 11.4. The second kappa shape index (κ2) is 8.50. The molecule has 1 rings (SSSR count). The lowest BCUT2D eigenvalue weighted by molar-refractivity contribution is -0.126. The number of amides is 1. The Kier molecular flexibility index (Phi) is 6.92. The molecule has 1 aromatic carbocycles. The molecule has 0 radical (unpaired) electrons. The summed E-state index contributed by atoms with van der Waals surface area (Å²) in [5.74, 6) is 0.561. The van der Waals surface area contributed by atoms with Crippen LogP contribution < -0.4 is 15.4 Å². The number of benzene rings is 1. The predicted molar refractivity (Wildman–Crippen MR) is 74.2 cm³/mol. The Balaban J connectivity index is 2.49. The molecule has 1 atom stereocenters. The van der Waals surface area contributed by atoms with Gasteiger partial charge in [-0.15, -0.1) is 0 Å². The van der Waals surface area contributed by atoms with Crippen molar-refractivity contribution in [2.45, 2.75) is 19.6 Å². The van der Waals surface area contributed by atoms with Gasteiger partial charge in [-0.2, -0.15) is 0 Å². The summed E-state index contributed by atoms with van der Waals surface area (Å²) < 4.78 is 10.5. The average molecular weight is 266 g/mol. The Morgan fingerprint density at radius 3 is 2.89 bits per heavy atom. The number of hydrogen-bond donors (Lipinski definition) is 2. The van der Waals surface area contributed by atoms with Gasteiger partial charge in [-0.3, -0.25) is 4.79 Å². The molecule has 0 aliphatic carbocycles. The van der Waals surface area contributed by atoms with E-state index >= 15 is 0 Å². The van der Waals surface area contributed by atoms with Gasteiger partial charge in [0.15, 0.2) is 6.10 Å². The Labute approximate surface area is 114 Å². The van der Waals surface area contributed by atoms with Gasteiger partial charge in [0.2, 0.25) is 0 Å². The normalized spacial score (nSPS) is 11.9. The van der Waals surface area contributed by atoms with Crippen molar-refractivity contribution >= 4 is 5.91 Å². The Morgan fingerprint density at radius 2 is 2.21 bits per heavy atom. The minimum Gasteiger partial charge on any atom is -0.481 e. The van der Waals surface area contributed by atoms with E-state index in [1.54, 1.807) is 21.1 Å². The average Bonchev–Trinajstić information content (AvgIpc) is 2.43. The largest absolute Gasteiger partial charge is 0.481 e. The molecule has 0 saturated heterocycles. The van der Waals surface area contributed by atoms with Crippen molar-refractivity contribution in [2.24, 2.45) is 0 Å². The van der Waals surface area contributed by atoms with E-state index < -0.39 is 6.10 Å². The predicted octanol–water partition coefficient (Wildman–Crippen LogP) is 0.936. The lowest BCUT2D eigenvalue weighted by Gasteiger charge is -2.14. The number of rotatable bonds is 8. The number of likely N-dealkylation sites (N-methyl/N-ethyl adjacent to an activating group) is 1. The quantitative estimate of drug-likeness (QED) is 0.687. The first-order valence-corrected chi connectivity index (χ1v) is 6.34. The zero-order chi connectivity index (χ0) is 14.1. The molecule has 2 N–H and O–H groups in total. The highest BCUT2D eigenvalue weighted by Gasteiger charge is 2.12. The van der Waals surface area contributed by atoms with Crippen LogP contribution in [0, 0.1) is 0 Å². The second-order valence-electron chi connectivity index (χ2n) is 4.19. The molecule has 0 bridgehead atoms. The van der Waals surface area contributed by atoms with E-state index in [4.69, 9.17) is 9.47 Å². The Bertz CT molecular complexity index is 396. The fraction of sp³-hybridized carbons (Fsp3) is 0.500. The topological polar surface area (TPSA) is 59.6 Å². The van der Waals surface area contributed by atoms with E-state index in [0.717, 1.165) is 18.7 Å². The minimum atomic E-state index is -0.498. The summed E-state index contributed by atoms with van der Waals surface area (Å²) in [7, 11) is 3.27. The molecule has 19 heavy (non-hydrogen) atoms. The molecular weight excluding hydrogens is 244 g/mol. The smallest absolute Gasteiger partial charge is 0.260 e. The molecule has 0 aromatic heterocycles. The molecule has 106 valence electrons.